The van der Waals surface area contributed by atoms with Gasteiger partial charge in [-0.05, 0) is 12.0 Å². The largest absolute Gasteiger partial charge is 0.320 e. The average Bonchev–Trinajstić information content (AvgIpc) is 2.66. The zero-order valence-electron chi connectivity index (χ0n) is 9.47. The molecule has 2 N–H and O–H groups in total. The monoisotopic (exact) mass is 233 g/mol. The molecule has 1 aromatic heterocycles. The third-order valence-electron chi connectivity index (χ3n) is 2.58. The molecule has 0 saturated carbocycles. The van der Waals surface area contributed by atoms with E-state index in [2.05, 4.69) is 28.7 Å². The van der Waals surface area contributed by atoms with Crippen molar-refractivity contribution in [2.24, 2.45) is 18.0 Å². The van der Waals surface area contributed by atoms with E-state index in [0.717, 1.165) is 11.2 Å². The van der Waals surface area contributed by atoms with E-state index in [1.165, 1.54) is 16.1 Å². The van der Waals surface area contributed by atoms with Crippen molar-refractivity contribution in [3.63, 3.8) is 0 Å². The summed E-state index contributed by atoms with van der Waals surface area (Å²) < 4.78 is 2.05. The predicted octanol–water partition coefficient (Wildman–Crippen LogP) is 2.09. The van der Waals surface area contributed by atoms with Crippen LogP contribution in [0.2, 0.25) is 0 Å². The van der Waals surface area contributed by atoms with E-state index in [1.54, 1.807) is 11.3 Å². The first-order chi connectivity index (χ1) is 7.77. The van der Waals surface area contributed by atoms with Crippen molar-refractivity contribution in [2.75, 3.05) is 0 Å². The van der Waals surface area contributed by atoms with Crippen molar-refractivity contribution in [3.05, 3.63) is 40.0 Å². The molecule has 0 unspecified atom stereocenters. The predicted molar refractivity (Wildman–Crippen MR) is 67.9 cm³/mol. The number of hydrogen-bond donors (Lipinski definition) is 1. The first-order valence-electron chi connectivity index (χ1n) is 5.26. The zero-order chi connectivity index (χ0) is 11.5. The van der Waals surface area contributed by atoms with Crippen molar-refractivity contribution < 1.29 is 0 Å². The van der Waals surface area contributed by atoms with Crippen LogP contribution in [0.5, 0.6) is 0 Å². The Kier molecular flexibility index (Phi) is 3.10. The van der Waals surface area contributed by atoms with E-state index in [0.29, 0.717) is 0 Å². The van der Waals surface area contributed by atoms with Gasteiger partial charge in [-0.25, -0.2) is 0 Å². The zero-order valence-corrected chi connectivity index (χ0v) is 10.3. The van der Waals surface area contributed by atoms with Crippen LogP contribution in [0.1, 0.15) is 11.8 Å². The second-order valence-electron chi connectivity index (χ2n) is 3.56. The van der Waals surface area contributed by atoms with Crippen LogP contribution < -0.4 is 10.6 Å². The molecule has 0 spiro atoms. The second-order valence-corrected chi connectivity index (χ2v) is 4.63. The quantitative estimate of drug-likeness (QED) is 0.626. The summed E-state index contributed by atoms with van der Waals surface area (Å²) >= 11 is 1.65. The van der Waals surface area contributed by atoms with Crippen molar-refractivity contribution in [1.82, 2.24) is 4.57 Å². The Morgan fingerprint density at radius 1 is 1.31 bits per heavy atom. The molecule has 4 heteroatoms. The lowest BCUT2D eigenvalue weighted by Gasteiger charge is -2.05. The molecule has 16 heavy (non-hydrogen) atoms. The first-order valence-corrected chi connectivity index (χ1v) is 6.07. The van der Waals surface area contributed by atoms with Gasteiger partial charge >= 0.3 is 0 Å². The fourth-order valence-corrected chi connectivity index (χ4v) is 2.81. The van der Waals surface area contributed by atoms with Crippen LogP contribution in [0.4, 0.5) is 0 Å². The summed E-state index contributed by atoms with van der Waals surface area (Å²) in [6.07, 6.45) is 0.998. The minimum Gasteiger partial charge on any atom is -0.320 e. The molecule has 0 amide bonds. The van der Waals surface area contributed by atoms with E-state index in [9.17, 15) is 0 Å². The molecule has 0 saturated heterocycles. The summed E-state index contributed by atoms with van der Waals surface area (Å²) in [5.74, 6) is 5.38. The van der Waals surface area contributed by atoms with Crippen LogP contribution in [-0.4, -0.2) is 4.57 Å². The third kappa shape index (κ3) is 1.76. The third-order valence-corrected chi connectivity index (χ3v) is 3.87. The molecule has 0 atom stereocenters. The van der Waals surface area contributed by atoms with Crippen LogP contribution in [0.25, 0.3) is 11.3 Å². The summed E-state index contributed by atoms with van der Waals surface area (Å²) in [5, 5.41) is 3.81. The number of aryl methyl sites for hydroxylation is 1. The van der Waals surface area contributed by atoms with E-state index >= 15 is 0 Å². The summed E-state index contributed by atoms with van der Waals surface area (Å²) in [6, 6.07) is 10.3. The van der Waals surface area contributed by atoms with Crippen LogP contribution >= 0.6 is 11.3 Å². The van der Waals surface area contributed by atoms with Crippen LogP contribution in [0.15, 0.2) is 35.4 Å². The Morgan fingerprint density at radius 2 is 2.00 bits per heavy atom. The highest BCUT2D eigenvalue weighted by Crippen LogP contribution is 2.25. The van der Waals surface area contributed by atoms with Gasteiger partial charge in [0.25, 0.3) is 0 Å². The number of aromatic nitrogens is 1. The maximum Gasteiger partial charge on any atom is 0.207 e. The molecule has 84 valence electrons. The summed E-state index contributed by atoms with van der Waals surface area (Å²) in [5.41, 5.74) is 2.44. The van der Waals surface area contributed by atoms with Crippen molar-refractivity contribution >= 4 is 11.3 Å². The molecule has 0 aliphatic heterocycles. The molecule has 2 aromatic rings. The molecule has 0 aliphatic rings. The number of thiazole rings is 1. The lowest BCUT2D eigenvalue weighted by atomic mass is 10.1. The standard InChI is InChI=1S/C12H15N3S/c1-3-10-11(9-7-5-4-6-8-9)15(2)12(14-13)16-10/h4-8H,3,13H2,1-2H3. The fraction of sp³-hybridized carbons (Fsp3) is 0.250. The highest BCUT2D eigenvalue weighted by molar-refractivity contribution is 7.09. The minimum absolute atomic E-state index is 0.857. The summed E-state index contributed by atoms with van der Waals surface area (Å²) in [7, 11) is 2.00. The van der Waals surface area contributed by atoms with Gasteiger partial charge < -0.3 is 10.4 Å². The van der Waals surface area contributed by atoms with E-state index in [1.807, 2.05) is 25.2 Å². The lowest BCUT2D eigenvalue weighted by Crippen LogP contribution is -2.13. The topological polar surface area (TPSA) is 43.3 Å². The van der Waals surface area contributed by atoms with Crippen molar-refractivity contribution in [1.29, 1.82) is 0 Å². The summed E-state index contributed by atoms with van der Waals surface area (Å²) in [4.78, 5) is 2.17. The van der Waals surface area contributed by atoms with Gasteiger partial charge in [0.2, 0.25) is 4.80 Å². The molecule has 1 aromatic carbocycles. The average molecular weight is 233 g/mol. The van der Waals surface area contributed by atoms with Gasteiger partial charge in [0.1, 0.15) is 0 Å². The molecular formula is C12H15N3S. The van der Waals surface area contributed by atoms with Gasteiger partial charge in [0.05, 0.1) is 5.69 Å². The van der Waals surface area contributed by atoms with Crippen molar-refractivity contribution in [2.45, 2.75) is 13.3 Å². The number of hydrogen-bond acceptors (Lipinski definition) is 3. The Labute approximate surface area is 98.9 Å². The maximum atomic E-state index is 5.38. The number of nitrogens with two attached hydrogens (primary N) is 1. The van der Waals surface area contributed by atoms with Crippen LogP contribution in [-0.2, 0) is 13.5 Å². The van der Waals surface area contributed by atoms with Crippen LogP contribution in [0, 0.1) is 0 Å². The van der Waals surface area contributed by atoms with Gasteiger partial charge in [-0.2, -0.15) is 5.10 Å². The number of benzene rings is 1. The normalized spacial score (nSPS) is 12.0. The van der Waals surface area contributed by atoms with Crippen LogP contribution in [0.3, 0.4) is 0 Å². The smallest absolute Gasteiger partial charge is 0.207 e. The Balaban J connectivity index is 2.69. The van der Waals surface area contributed by atoms with Gasteiger partial charge in [0.15, 0.2) is 0 Å². The van der Waals surface area contributed by atoms with Gasteiger partial charge in [-0.1, -0.05) is 48.6 Å². The fourth-order valence-electron chi connectivity index (χ4n) is 1.81. The highest BCUT2D eigenvalue weighted by Gasteiger charge is 2.10. The molecule has 0 radical (unpaired) electrons. The molecular weight excluding hydrogens is 218 g/mol. The van der Waals surface area contributed by atoms with Gasteiger partial charge in [-0.15, -0.1) is 0 Å². The van der Waals surface area contributed by atoms with E-state index in [-0.39, 0.29) is 0 Å². The first kappa shape index (κ1) is 11.0. The number of nitrogens with zero attached hydrogens (tertiary/aromatic N) is 2. The molecule has 0 aliphatic carbocycles. The molecule has 0 bridgehead atoms. The lowest BCUT2D eigenvalue weighted by molar-refractivity contribution is 0.857. The van der Waals surface area contributed by atoms with Crippen molar-refractivity contribution in [3.8, 4) is 11.3 Å². The second kappa shape index (κ2) is 4.53. The molecule has 2 rings (SSSR count). The van der Waals surface area contributed by atoms with E-state index in [4.69, 9.17) is 5.84 Å². The maximum absolute atomic E-state index is 5.38. The highest BCUT2D eigenvalue weighted by atomic mass is 32.1. The molecule has 1 heterocycles. The number of rotatable bonds is 2. The Bertz CT molecular complexity index is 537. The van der Waals surface area contributed by atoms with Gasteiger partial charge in [-0.3, -0.25) is 0 Å². The molecule has 3 nitrogen and oxygen atoms in total. The van der Waals surface area contributed by atoms with E-state index < -0.39 is 0 Å². The van der Waals surface area contributed by atoms with Gasteiger partial charge in [0, 0.05) is 11.9 Å². The SMILES string of the molecule is CCc1sc(=NN)n(C)c1-c1ccccc1. The Morgan fingerprint density at radius 3 is 2.56 bits per heavy atom. The summed E-state index contributed by atoms with van der Waals surface area (Å²) in [6.45, 7) is 2.15. The minimum atomic E-state index is 0.857. The molecule has 0 fully saturated rings. The Hall–Kier alpha value is -1.55.